The molecule has 0 spiro atoms. The average molecular weight is 194 g/mol. The van der Waals surface area contributed by atoms with Crippen molar-refractivity contribution in [3.8, 4) is 0 Å². The van der Waals surface area contributed by atoms with E-state index in [9.17, 15) is 0 Å². The van der Waals surface area contributed by atoms with Crippen LogP contribution in [0.25, 0.3) is 0 Å². The van der Waals surface area contributed by atoms with Crippen LogP contribution >= 0.6 is 11.3 Å². The lowest BCUT2D eigenvalue weighted by molar-refractivity contribution is 0.521. The lowest BCUT2D eigenvalue weighted by Gasteiger charge is -1.92. The number of nitrogens with zero attached hydrogens (tertiary/aromatic N) is 1. The van der Waals surface area contributed by atoms with E-state index in [2.05, 4.69) is 4.98 Å². The molecule has 0 atom stereocenters. The van der Waals surface area contributed by atoms with Gasteiger partial charge in [-0.05, 0) is 19.1 Å². The van der Waals surface area contributed by atoms with Gasteiger partial charge in [0.15, 0.2) is 5.13 Å². The maximum Gasteiger partial charge on any atom is 0.180 e. The summed E-state index contributed by atoms with van der Waals surface area (Å²) in [4.78, 5) is 5.32. The highest BCUT2D eigenvalue weighted by Crippen LogP contribution is 2.22. The summed E-state index contributed by atoms with van der Waals surface area (Å²) in [7, 11) is 0. The van der Waals surface area contributed by atoms with Crippen molar-refractivity contribution in [3.63, 3.8) is 0 Å². The standard InChI is InChI=1S/C9H10N2OS/c1-6-8(13-9(10)11-6)5-7-3-2-4-12-7/h2-4H,5H2,1H3,(H2,10,11). The van der Waals surface area contributed by atoms with Crippen LogP contribution in [0.15, 0.2) is 22.8 Å². The molecular formula is C9H10N2OS. The molecule has 0 aliphatic heterocycles. The number of aromatic nitrogens is 1. The van der Waals surface area contributed by atoms with Crippen LogP contribution < -0.4 is 5.73 Å². The van der Waals surface area contributed by atoms with Crippen molar-refractivity contribution in [1.29, 1.82) is 0 Å². The monoisotopic (exact) mass is 194 g/mol. The molecule has 2 aromatic heterocycles. The van der Waals surface area contributed by atoms with Gasteiger partial charge in [0.1, 0.15) is 5.76 Å². The van der Waals surface area contributed by atoms with Crippen LogP contribution in [0.2, 0.25) is 0 Å². The molecule has 2 aromatic rings. The van der Waals surface area contributed by atoms with Gasteiger partial charge in [-0.25, -0.2) is 4.98 Å². The SMILES string of the molecule is Cc1nc(N)sc1Cc1ccco1. The van der Waals surface area contributed by atoms with Crippen molar-refractivity contribution in [2.75, 3.05) is 5.73 Å². The Morgan fingerprint density at radius 1 is 1.62 bits per heavy atom. The minimum Gasteiger partial charge on any atom is -0.469 e. The van der Waals surface area contributed by atoms with Crippen LogP contribution in [-0.2, 0) is 6.42 Å². The predicted octanol–water partition coefficient (Wildman–Crippen LogP) is 2.22. The van der Waals surface area contributed by atoms with Crippen LogP contribution in [0.3, 0.4) is 0 Å². The molecule has 13 heavy (non-hydrogen) atoms. The maximum absolute atomic E-state index is 5.59. The van der Waals surface area contributed by atoms with Crippen molar-refractivity contribution in [2.24, 2.45) is 0 Å². The first-order chi connectivity index (χ1) is 6.25. The fraction of sp³-hybridized carbons (Fsp3) is 0.222. The first kappa shape index (κ1) is 8.31. The topological polar surface area (TPSA) is 52.0 Å². The van der Waals surface area contributed by atoms with E-state index >= 15 is 0 Å². The number of aryl methyl sites for hydroxylation is 1. The summed E-state index contributed by atoms with van der Waals surface area (Å²) in [6.07, 6.45) is 2.46. The molecular weight excluding hydrogens is 184 g/mol. The van der Waals surface area contributed by atoms with Gasteiger partial charge < -0.3 is 10.2 Å². The average Bonchev–Trinajstić information content (AvgIpc) is 2.63. The van der Waals surface area contributed by atoms with Gasteiger partial charge >= 0.3 is 0 Å². The number of furan rings is 1. The van der Waals surface area contributed by atoms with Crippen molar-refractivity contribution in [3.05, 3.63) is 34.7 Å². The normalized spacial score (nSPS) is 10.5. The Morgan fingerprint density at radius 3 is 3.00 bits per heavy atom. The number of nitrogens with two attached hydrogens (primary N) is 1. The number of hydrogen-bond acceptors (Lipinski definition) is 4. The Bertz CT molecular complexity index is 392. The number of rotatable bonds is 2. The molecule has 0 unspecified atom stereocenters. The molecule has 0 aliphatic carbocycles. The molecule has 0 saturated heterocycles. The second kappa shape index (κ2) is 3.22. The summed E-state index contributed by atoms with van der Waals surface area (Å²) in [6.45, 7) is 1.96. The van der Waals surface area contributed by atoms with E-state index in [1.165, 1.54) is 16.2 Å². The van der Waals surface area contributed by atoms with Crippen molar-refractivity contribution in [2.45, 2.75) is 13.3 Å². The van der Waals surface area contributed by atoms with E-state index in [0.29, 0.717) is 5.13 Å². The van der Waals surface area contributed by atoms with E-state index in [-0.39, 0.29) is 0 Å². The zero-order valence-corrected chi connectivity index (χ0v) is 8.10. The van der Waals surface area contributed by atoms with E-state index in [0.717, 1.165) is 17.9 Å². The zero-order chi connectivity index (χ0) is 9.26. The third-order valence-corrected chi connectivity index (χ3v) is 2.81. The van der Waals surface area contributed by atoms with Crippen LogP contribution in [0, 0.1) is 6.92 Å². The second-order valence-corrected chi connectivity index (χ2v) is 3.93. The summed E-state index contributed by atoms with van der Waals surface area (Å²) in [5.74, 6) is 0.951. The Labute approximate surface area is 80.2 Å². The zero-order valence-electron chi connectivity index (χ0n) is 7.28. The lowest BCUT2D eigenvalue weighted by atomic mass is 10.2. The van der Waals surface area contributed by atoms with E-state index in [1.54, 1.807) is 6.26 Å². The van der Waals surface area contributed by atoms with Crippen LogP contribution in [-0.4, -0.2) is 4.98 Å². The van der Waals surface area contributed by atoms with Gasteiger partial charge in [0.25, 0.3) is 0 Å². The fourth-order valence-electron chi connectivity index (χ4n) is 1.19. The number of thiazole rings is 1. The fourth-order valence-corrected chi connectivity index (χ4v) is 2.03. The molecule has 0 aliphatic rings. The Balaban J connectivity index is 2.23. The van der Waals surface area contributed by atoms with Crippen LogP contribution in [0.4, 0.5) is 5.13 Å². The smallest absolute Gasteiger partial charge is 0.180 e. The lowest BCUT2D eigenvalue weighted by Crippen LogP contribution is -1.84. The van der Waals surface area contributed by atoms with Gasteiger partial charge in [-0.15, -0.1) is 11.3 Å². The molecule has 4 heteroatoms. The highest BCUT2D eigenvalue weighted by molar-refractivity contribution is 7.15. The van der Waals surface area contributed by atoms with Gasteiger partial charge in [0, 0.05) is 11.3 Å². The molecule has 0 amide bonds. The van der Waals surface area contributed by atoms with Crippen molar-refractivity contribution < 1.29 is 4.42 Å². The van der Waals surface area contributed by atoms with Gasteiger partial charge in [-0.1, -0.05) is 0 Å². The summed E-state index contributed by atoms with van der Waals surface area (Å²) < 4.78 is 5.24. The molecule has 2 rings (SSSR count). The van der Waals surface area contributed by atoms with Crippen LogP contribution in [0.1, 0.15) is 16.3 Å². The molecule has 0 bridgehead atoms. The Kier molecular flexibility index (Phi) is 2.06. The van der Waals surface area contributed by atoms with Crippen molar-refractivity contribution in [1.82, 2.24) is 4.98 Å². The van der Waals surface area contributed by atoms with Gasteiger partial charge in [-0.3, -0.25) is 0 Å². The molecule has 0 radical (unpaired) electrons. The predicted molar refractivity (Wildman–Crippen MR) is 52.8 cm³/mol. The van der Waals surface area contributed by atoms with Gasteiger partial charge in [-0.2, -0.15) is 0 Å². The summed E-state index contributed by atoms with van der Waals surface area (Å²) >= 11 is 1.52. The Hall–Kier alpha value is -1.29. The van der Waals surface area contributed by atoms with Gasteiger partial charge in [0.2, 0.25) is 0 Å². The quantitative estimate of drug-likeness (QED) is 0.797. The number of nitrogen functional groups attached to an aromatic ring is 1. The molecule has 0 saturated carbocycles. The van der Waals surface area contributed by atoms with Gasteiger partial charge in [0.05, 0.1) is 12.0 Å². The minimum absolute atomic E-state index is 0.624. The highest BCUT2D eigenvalue weighted by atomic mass is 32.1. The second-order valence-electron chi connectivity index (χ2n) is 2.82. The maximum atomic E-state index is 5.59. The molecule has 2 N–H and O–H groups in total. The van der Waals surface area contributed by atoms with Crippen molar-refractivity contribution >= 4 is 16.5 Å². The largest absolute Gasteiger partial charge is 0.469 e. The summed E-state index contributed by atoms with van der Waals surface area (Å²) in [5.41, 5.74) is 6.58. The molecule has 68 valence electrons. The molecule has 0 fully saturated rings. The van der Waals surface area contributed by atoms with E-state index < -0.39 is 0 Å². The first-order valence-electron chi connectivity index (χ1n) is 4.00. The summed E-state index contributed by atoms with van der Waals surface area (Å²) in [5, 5.41) is 0.624. The summed E-state index contributed by atoms with van der Waals surface area (Å²) in [6, 6.07) is 3.84. The van der Waals surface area contributed by atoms with Crippen LogP contribution in [0.5, 0.6) is 0 Å². The molecule has 2 heterocycles. The first-order valence-corrected chi connectivity index (χ1v) is 4.81. The highest BCUT2D eigenvalue weighted by Gasteiger charge is 2.07. The Morgan fingerprint density at radius 2 is 2.46 bits per heavy atom. The third-order valence-electron chi connectivity index (χ3n) is 1.82. The number of hydrogen-bond donors (Lipinski definition) is 1. The number of anilines is 1. The molecule has 0 aromatic carbocycles. The molecule has 3 nitrogen and oxygen atoms in total. The van der Waals surface area contributed by atoms with E-state index in [4.69, 9.17) is 10.2 Å². The van der Waals surface area contributed by atoms with E-state index in [1.807, 2.05) is 19.1 Å². The minimum atomic E-state index is 0.624. The third kappa shape index (κ3) is 1.72.